The summed E-state index contributed by atoms with van der Waals surface area (Å²) in [6.07, 6.45) is 1.56. The molecule has 3 rings (SSSR count). The topological polar surface area (TPSA) is 51.2 Å². The third-order valence-electron chi connectivity index (χ3n) is 3.38. The molecule has 1 heterocycles. The number of carbonyl (C=O) groups excluding carboxylic acids is 1. The number of fused-ring (bicyclic) bond motifs is 1. The first-order chi connectivity index (χ1) is 11.2. The number of rotatable bonds is 4. The Labute approximate surface area is 142 Å². The van der Waals surface area contributed by atoms with Crippen LogP contribution in [0, 0.1) is 0 Å². The Bertz CT molecular complexity index is 847. The first-order valence-electron chi connectivity index (χ1n) is 7.26. The molecule has 116 valence electrons. The van der Waals surface area contributed by atoms with E-state index in [1.54, 1.807) is 13.1 Å². The summed E-state index contributed by atoms with van der Waals surface area (Å²) in [6.45, 7) is 2.11. The lowest BCUT2D eigenvalue weighted by molar-refractivity contribution is 0.0527. The molecule has 23 heavy (non-hydrogen) atoms. The molecular formula is C18H15BrN2O2. The predicted octanol–water partition coefficient (Wildman–Crippen LogP) is 4.92. The van der Waals surface area contributed by atoms with Crippen LogP contribution in [0.1, 0.15) is 17.3 Å². The van der Waals surface area contributed by atoms with E-state index in [4.69, 9.17) is 4.74 Å². The molecular weight excluding hydrogens is 356 g/mol. The fraction of sp³-hybridized carbons (Fsp3) is 0.111. The second-order valence-electron chi connectivity index (χ2n) is 4.92. The van der Waals surface area contributed by atoms with Crippen LogP contribution in [0.15, 0.2) is 59.2 Å². The molecule has 0 unspecified atom stereocenters. The number of nitrogens with one attached hydrogen (secondary N) is 1. The highest BCUT2D eigenvalue weighted by Gasteiger charge is 2.16. The molecule has 0 aliphatic rings. The highest BCUT2D eigenvalue weighted by atomic mass is 79.9. The number of pyridine rings is 1. The van der Waals surface area contributed by atoms with Crippen LogP contribution in [-0.4, -0.2) is 17.6 Å². The minimum Gasteiger partial charge on any atom is -0.462 e. The number of aromatic nitrogens is 1. The number of halogens is 1. The van der Waals surface area contributed by atoms with Gasteiger partial charge in [0.2, 0.25) is 0 Å². The van der Waals surface area contributed by atoms with Gasteiger partial charge >= 0.3 is 5.97 Å². The molecule has 0 fully saturated rings. The standard InChI is InChI=1S/C18H15BrN2O2/c1-2-23-18(22)15-11-20-16-6-4-3-5-14(16)17(15)21-13-9-7-12(19)8-10-13/h3-11H,2H2,1H3,(H,20,21). The molecule has 4 nitrogen and oxygen atoms in total. The first-order valence-corrected chi connectivity index (χ1v) is 8.06. The minimum atomic E-state index is -0.384. The quantitative estimate of drug-likeness (QED) is 0.662. The monoisotopic (exact) mass is 370 g/mol. The van der Waals surface area contributed by atoms with E-state index in [-0.39, 0.29) is 5.97 Å². The highest BCUT2D eigenvalue weighted by Crippen LogP contribution is 2.30. The van der Waals surface area contributed by atoms with Crippen LogP contribution in [-0.2, 0) is 4.74 Å². The zero-order valence-corrected chi connectivity index (χ0v) is 14.1. The zero-order chi connectivity index (χ0) is 16.2. The van der Waals surface area contributed by atoms with Crippen LogP contribution in [0.25, 0.3) is 10.9 Å². The molecule has 0 aliphatic heterocycles. The van der Waals surface area contributed by atoms with E-state index in [9.17, 15) is 4.79 Å². The van der Waals surface area contributed by atoms with Gasteiger partial charge in [-0.3, -0.25) is 4.98 Å². The van der Waals surface area contributed by atoms with E-state index >= 15 is 0 Å². The van der Waals surface area contributed by atoms with E-state index in [2.05, 4.69) is 26.2 Å². The number of hydrogen-bond donors (Lipinski definition) is 1. The molecule has 0 amide bonds. The lowest BCUT2D eigenvalue weighted by Crippen LogP contribution is -2.09. The molecule has 0 saturated carbocycles. The van der Waals surface area contributed by atoms with E-state index < -0.39 is 0 Å². The van der Waals surface area contributed by atoms with Crippen LogP contribution >= 0.6 is 15.9 Å². The van der Waals surface area contributed by atoms with E-state index in [0.29, 0.717) is 17.9 Å². The Morgan fingerprint density at radius 2 is 1.91 bits per heavy atom. The smallest absolute Gasteiger partial charge is 0.341 e. The maximum Gasteiger partial charge on any atom is 0.341 e. The number of nitrogens with zero attached hydrogens (tertiary/aromatic N) is 1. The second-order valence-corrected chi connectivity index (χ2v) is 5.83. The summed E-state index contributed by atoms with van der Waals surface area (Å²) in [5, 5.41) is 4.20. The van der Waals surface area contributed by atoms with Gasteiger partial charge in [0, 0.05) is 21.7 Å². The molecule has 1 aromatic heterocycles. The average molecular weight is 371 g/mol. The highest BCUT2D eigenvalue weighted by molar-refractivity contribution is 9.10. The summed E-state index contributed by atoms with van der Waals surface area (Å²) in [4.78, 5) is 16.6. The number of benzene rings is 2. The second kappa shape index (κ2) is 6.79. The summed E-state index contributed by atoms with van der Waals surface area (Å²) in [7, 11) is 0. The lowest BCUT2D eigenvalue weighted by Gasteiger charge is -2.14. The number of esters is 1. The summed E-state index contributed by atoms with van der Waals surface area (Å²) in [6, 6.07) is 15.5. The van der Waals surface area contributed by atoms with E-state index in [0.717, 1.165) is 21.1 Å². The summed E-state index contributed by atoms with van der Waals surface area (Å²) >= 11 is 3.42. The SMILES string of the molecule is CCOC(=O)c1cnc2ccccc2c1Nc1ccc(Br)cc1. The van der Waals surface area contributed by atoms with Gasteiger partial charge in [-0.1, -0.05) is 34.1 Å². The third kappa shape index (κ3) is 3.35. The maximum atomic E-state index is 12.2. The van der Waals surface area contributed by atoms with Gasteiger partial charge in [0.05, 0.1) is 17.8 Å². The molecule has 0 aliphatic carbocycles. The number of carbonyl (C=O) groups is 1. The number of para-hydroxylation sites is 1. The van der Waals surface area contributed by atoms with Crippen LogP contribution in [0.2, 0.25) is 0 Å². The Kier molecular flexibility index (Phi) is 4.57. The van der Waals surface area contributed by atoms with Crippen LogP contribution in [0.4, 0.5) is 11.4 Å². The Morgan fingerprint density at radius 3 is 2.65 bits per heavy atom. The normalized spacial score (nSPS) is 10.5. The molecule has 5 heteroatoms. The van der Waals surface area contributed by atoms with Crippen LogP contribution < -0.4 is 5.32 Å². The van der Waals surface area contributed by atoms with Crippen molar-refractivity contribution in [3.8, 4) is 0 Å². The fourth-order valence-corrected chi connectivity index (χ4v) is 2.58. The van der Waals surface area contributed by atoms with Gasteiger partial charge in [0.15, 0.2) is 0 Å². The molecule has 3 aromatic rings. The average Bonchev–Trinajstić information content (AvgIpc) is 2.57. The fourth-order valence-electron chi connectivity index (χ4n) is 2.32. The lowest BCUT2D eigenvalue weighted by atomic mass is 10.1. The number of anilines is 2. The van der Waals surface area contributed by atoms with Crippen molar-refractivity contribution in [3.63, 3.8) is 0 Å². The van der Waals surface area contributed by atoms with Gasteiger partial charge in [0.1, 0.15) is 5.56 Å². The molecule has 1 N–H and O–H groups in total. The molecule has 0 radical (unpaired) electrons. The van der Waals surface area contributed by atoms with Crippen molar-refractivity contribution in [2.45, 2.75) is 6.92 Å². The predicted molar refractivity (Wildman–Crippen MR) is 95.1 cm³/mol. The van der Waals surface area contributed by atoms with Gasteiger partial charge in [-0.05, 0) is 37.3 Å². The largest absolute Gasteiger partial charge is 0.462 e. The molecule has 2 aromatic carbocycles. The summed E-state index contributed by atoms with van der Waals surface area (Å²) in [5.41, 5.74) is 2.83. The molecule has 0 bridgehead atoms. The van der Waals surface area contributed by atoms with Crippen molar-refractivity contribution in [1.82, 2.24) is 4.98 Å². The Hall–Kier alpha value is -2.40. The molecule has 0 saturated heterocycles. The minimum absolute atomic E-state index is 0.323. The van der Waals surface area contributed by atoms with E-state index in [1.165, 1.54) is 0 Å². The van der Waals surface area contributed by atoms with Crippen molar-refractivity contribution < 1.29 is 9.53 Å². The van der Waals surface area contributed by atoms with Crippen molar-refractivity contribution in [1.29, 1.82) is 0 Å². The van der Waals surface area contributed by atoms with Crippen LogP contribution in [0.5, 0.6) is 0 Å². The van der Waals surface area contributed by atoms with Gasteiger partial charge in [-0.2, -0.15) is 0 Å². The van der Waals surface area contributed by atoms with Gasteiger partial charge < -0.3 is 10.1 Å². The molecule has 0 spiro atoms. The van der Waals surface area contributed by atoms with Crippen molar-refractivity contribution in [2.24, 2.45) is 0 Å². The van der Waals surface area contributed by atoms with Crippen molar-refractivity contribution in [3.05, 3.63) is 64.8 Å². The van der Waals surface area contributed by atoms with Gasteiger partial charge in [0.25, 0.3) is 0 Å². The van der Waals surface area contributed by atoms with Crippen molar-refractivity contribution >= 4 is 44.2 Å². The molecule has 0 atom stereocenters. The number of ether oxygens (including phenoxy) is 1. The number of hydrogen-bond acceptors (Lipinski definition) is 4. The first kappa shape index (κ1) is 15.5. The Morgan fingerprint density at radius 1 is 1.17 bits per heavy atom. The van der Waals surface area contributed by atoms with Gasteiger partial charge in [-0.25, -0.2) is 4.79 Å². The maximum absolute atomic E-state index is 12.2. The Balaban J connectivity index is 2.12. The van der Waals surface area contributed by atoms with E-state index in [1.807, 2.05) is 48.5 Å². The third-order valence-corrected chi connectivity index (χ3v) is 3.91. The summed E-state index contributed by atoms with van der Waals surface area (Å²) in [5.74, 6) is -0.384. The van der Waals surface area contributed by atoms with Crippen molar-refractivity contribution in [2.75, 3.05) is 11.9 Å². The van der Waals surface area contributed by atoms with Crippen LogP contribution in [0.3, 0.4) is 0 Å². The summed E-state index contributed by atoms with van der Waals surface area (Å²) < 4.78 is 6.14. The van der Waals surface area contributed by atoms with Gasteiger partial charge in [-0.15, -0.1) is 0 Å². The zero-order valence-electron chi connectivity index (χ0n) is 12.5.